The molecule has 1 rings (SSSR count). The van der Waals surface area contributed by atoms with Crippen LogP contribution >= 0.6 is 37.1 Å². The van der Waals surface area contributed by atoms with Crippen LogP contribution in [0.15, 0.2) is 42.3 Å². The number of aryl methyl sites for hydroxylation is 1. The van der Waals surface area contributed by atoms with Crippen molar-refractivity contribution in [1.29, 1.82) is 0 Å². The van der Waals surface area contributed by atoms with Gasteiger partial charge in [0.25, 0.3) is 0 Å². The van der Waals surface area contributed by atoms with Gasteiger partial charge in [-0.3, -0.25) is 18.7 Å². The first-order valence-electron chi connectivity index (χ1n) is 16.6. The van der Waals surface area contributed by atoms with Gasteiger partial charge in [-0.25, -0.2) is 14.0 Å². The van der Waals surface area contributed by atoms with E-state index >= 15 is 0 Å². The predicted molar refractivity (Wildman–Crippen MR) is 229 cm³/mol. The Morgan fingerprint density at radius 1 is 0.540 bits per heavy atom. The molecule has 0 atom stereocenters. The summed E-state index contributed by atoms with van der Waals surface area (Å²) in [6.07, 6.45) is 0.812. The number of benzene rings is 1. The van der Waals surface area contributed by atoms with E-state index in [0.29, 0.717) is 12.6 Å². The van der Waals surface area contributed by atoms with E-state index in [1.807, 2.05) is 0 Å². The molecule has 0 saturated heterocycles. The van der Waals surface area contributed by atoms with Crippen LogP contribution in [0.3, 0.4) is 0 Å². The fourth-order valence-corrected chi connectivity index (χ4v) is 25.7. The number of rotatable bonds is 19. The van der Waals surface area contributed by atoms with Crippen LogP contribution in [-0.4, -0.2) is 188 Å². The van der Waals surface area contributed by atoms with Crippen LogP contribution in [0.4, 0.5) is 0 Å². The zero-order chi connectivity index (χ0) is 39.1. The summed E-state index contributed by atoms with van der Waals surface area (Å²) in [6.45, 7) is 11.9. The van der Waals surface area contributed by atoms with Gasteiger partial charge in [0, 0.05) is 54.3 Å². The van der Waals surface area contributed by atoms with Crippen LogP contribution in [0.5, 0.6) is 0 Å². The first kappa shape index (κ1) is 48.4. The molecular formula is C30H73N11O3P5Si+. The van der Waals surface area contributed by atoms with E-state index in [0.717, 1.165) is 6.42 Å². The number of hydrogen-bond donors (Lipinski definition) is 0. The van der Waals surface area contributed by atoms with Gasteiger partial charge in [-0.05, 0) is 143 Å². The molecule has 0 aliphatic rings. The second kappa shape index (κ2) is 19.3. The predicted octanol–water partition coefficient (Wildman–Crippen LogP) is 7.95. The zero-order valence-electron chi connectivity index (χ0n) is 35.3. The van der Waals surface area contributed by atoms with E-state index in [9.17, 15) is 0 Å². The molecular weight excluding hydrogens is 745 g/mol. The molecule has 0 fully saturated rings. The molecule has 0 N–H and O–H groups in total. The largest absolute Gasteiger partial charge is 0.500 e. The standard InChI is InChI=1S/C30H73N11O3P5Si/c1-35(2)46(20,36(3)4)32-48(31-45(17,18)19,33-47(21,37(5)6)38(7)8)34-49(39(9)10,40(11)12)41(13)28-30-24-22-29(23-25-30)26-27-50(42-14,43-15)44-16/h22-25H,26-28H2,1-21H3/q+1. The molecule has 50 heavy (non-hydrogen) atoms. The molecule has 0 amide bonds. The van der Waals surface area contributed by atoms with Gasteiger partial charge >= 0.3 is 16.7 Å². The Balaban J connectivity index is 4.29. The number of hydrogen-bond acceptors (Lipinski definition) is 7. The summed E-state index contributed by atoms with van der Waals surface area (Å²) in [5, 5.41) is 0. The van der Waals surface area contributed by atoms with Crippen LogP contribution in [0, 0.1) is 0 Å². The minimum absolute atomic E-state index is 0.688. The van der Waals surface area contributed by atoms with Gasteiger partial charge in [0.15, 0.2) is 0 Å². The van der Waals surface area contributed by atoms with Crippen molar-refractivity contribution in [2.75, 3.05) is 146 Å². The minimum atomic E-state index is -3.13. The third kappa shape index (κ3) is 11.9. The van der Waals surface area contributed by atoms with Crippen molar-refractivity contribution in [2.45, 2.75) is 19.0 Å². The summed E-state index contributed by atoms with van der Waals surface area (Å²) >= 11 is 0. The van der Waals surface area contributed by atoms with E-state index in [1.165, 1.54) is 11.1 Å². The molecule has 20 heteroatoms. The molecule has 14 nitrogen and oxygen atoms in total. The highest BCUT2D eigenvalue weighted by atomic mass is 31.3. The Labute approximate surface area is 309 Å². The molecule has 0 aliphatic carbocycles. The van der Waals surface area contributed by atoms with E-state index < -0.39 is 45.9 Å². The Morgan fingerprint density at radius 2 is 0.900 bits per heavy atom. The smallest absolute Gasteiger partial charge is 0.377 e. The molecule has 0 radical (unpaired) electrons. The van der Waals surface area contributed by atoms with Crippen molar-refractivity contribution >= 4 is 45.9 Å². The van der Waals surface area contributed by atoms with E-state index in [4.69, 9.17) is 31.3 Å². The van der Waals surface area contributed by atoms with Crippen molar-refractivity contribution in [3.63, 3.8) is 0 Å². The molecule has 0 aliphatic heterocycles. The second-order valence-electron chi connectivity index (χ2n) is 14.6. The lowest BCUT2D eigenvalue weighted by Crippen LogP contribution is -2.43. The highest BCUT2D eigenvalue weighted by molar-refractivity contribution is 7.88. The maximum Gasteiger partial charge on any atom is 0.500 e. The van der Waals surface area contributed by atoms with E-state index in [2.05, 4.69) is 182 Å². The molecule has 0 aromatic heterocycles. The van der Waals surface area contributed by atoms with Gasteiger partial charge in [0.1, 0.15) is 14.7 Å². The van der Waals surface area contributed by atoms with Crippen molar-refractivity contribution in [3.05, 3.63) is 35.4 Å². The van der Waals surface area contributed by atoms with Crippen molar-refractivity contribution < 1.29 is 13.3 Å². The number of nitrogens with zero attached hydrogens (tertiary/aromatic N) is 11. The molecule has 0 bridgehead atoms. The van der Waals surface area contributed by atoms with Crippen LogP contribution in [0.2, 0.25) is 6.04 Å². The lowest BCUT2D eigenvalue weighted by molar-refractivity contribution is 0.123. The molecule has 0 heterocycles. The molecule has 1 aromatic carbocycles. The van der Waals surface area contributed by atoms with Gasteiger partial charge < -0.3 is 13.3 Å². The summed E-state index contributed by atoms with van der Waals surface area (Å²) in [6, 6.07) is 9.53. The first-order chi connectivity index (χ1) is 22.7. The maximum absolute atomic E-state index is 6.06. The maximum atomic E-state index is 6.06. The van der Waals surface area contributed by atoms with Crippen molar-refractivity contribution in [3.8, 4) is 0 Å². The monoisotopic (exact) mass is 818 g/mol. The van der Waals surface area contributed by atoms with E-state index in [1.54, 1.807) is 21.3 Å². The molecule has 1 aromatic rings. The third-order valence-electron chi connectivity index (χ3n) is 8.86. The highest BCUT2D eigenvalue weighted by Gasteiger charge is 2.52. The lowest BCUT2D eigenvalue weighted by atomic mass is 10.1. The summed E-state index contributed by atoms with van der Waals surface area (Å²) < 4.78 is 56.5. The minimum Gasteiger partial charge on any atom is -0.377 e. The van der Waals surface area contributed by atoms with Crippen molar-refractivity contribution in [1.82, 2.24) is 32.7 Å². The summed E-state index contributed by atoms with van der Waals surface area (Å²) in [5.41, 5.74) is 2.41. The summed E-state index contributed by atoms with van der Waals surface area (Å²) in [5.74, 6) is 0. The third-order valence-corrected chi connectivity index (χ3v) is 30.5. The first-order valence-corrected chi connectivity index (χ1v) is 29.0. The fourth-order valence-electron chi connectivity index (χ4n) is 5.34. The Kier molecular flexibility index (Phi) is 18.7. The lowest BCUT2D eigenvalue weighted by Gasteiger charge is -2.42. The average Bonchev–Trinajstić information content (AvgIpc) is 2.99. The molecule has 0 unspecified atom stereocenters. The Bertz CT molecular complexity index is 1370. The van der Waals surface area contributed by atoms with Gasteiger partial charge in [0.2, 0.25) is 7.51 Å². The molecule has 0 spiro atoms. The van der Waals surface area contributed by atoms with Crippen LogP contribution in [0.1, 0.15) is 11.1 Å². The van der Waals surface area contributed by atoms with Gasteiger partial charge in [-0.1, -0.05) is 28.8 Å². The second-order valence-corrected chi connectivity index (χ2v) is 35.6. The van der Waals surface area contributed by atoms with Gasteiger partial charge in [-0.2, -0.15) is 0 Å². The average molecular weight is 819 g/mol. The van der Waals surface area contributed by atoms with Crippen molar-refractivity contribution in [2.24, 2.45) is 18.1 Å². The van der Waals surface area contributed by atoms with Crippen LogP contribution in [-0.2, 0) is 26.2 Å². The zero-order valence-corrected chi connectivity index (χ0v) is 40.8. The van der Waals surface area contributed by atoms with Gasteiger partial charge in [-0.15, -0.1) is 0 Å². The van der Waals surface area contributed by atoms with Crippen LogP contribution < -0.4 is 0 Å². The SMILES string of the molecule is CO[Si](CCc1ccc(CN(C)P(=N[P+](N=P(C)(C)C)(N=P(C)(N(C)C)N(C)C)N=P(C)(N(C)C)N(C)C)(N(C)C)N(C)C)cc1)(OC)OC. The summed E-state index contributed by atoms with van der Waals surface area (Å²) in [7, 11) is 17.9. The topological polar surface area (TPSA) is 99.8 Å². The molecule has 0 saturated carbocycles. The Hall–Kier alpha value is 0.387. The van der Waals surface area contributed by atoms with E-state index in [-0.39, 0.29) is 0 Å². The quantitative estimate of drug-likeness (QED) is 0.101. The molecule has 294 valence electrons. The highest BCUT2D eigenvalue weighted by Crippen LogP contribution is 2.84. The fraction of sp³-hybridized carbons (Fsp3) is 0.800. The van der Waals surface area contributed by atoms with Crippen LogP contribution in [0.25, 0.3) is 0 Å². The Morgan fingerprint density at radius 3 is 1.20 bits per heavy atom. The van der Waals surface area contributed by atoms with Gasteiger partial charge in [0.05, 0.1) is 0 Å². The summed E-state index contributed by atoms with van der Waals surface area (Å²) in [4.78, 5) is 0. The normalized spacial score (nSPS) is 14.2.